The Balaban J connectivity index is 5.18. The molecule has 576 valence electrons. The van der Waals surface area contributed by atoms with Crippen molar-refractivity contribution in [3.8, 4) is 0 Å². The molecule has 0 saturated heterocycles. The van der Waals surface area contributed by atoms with E-state index in [0.717, 1.165) is 89.9 Å². The van der Waals surface area contributed by atoms with Crippen LogP contribution in [0.1, 0.15) is 419 Å². The molecule has 17 nitrogen and oxygen atoms in total. The molecular weight excluding hydrogens is 1270 g/mol. The Hall–Kier alpha value is -1.94. The summed E-state index contributed by atoms with van der Waals surface area (Å²) in [5, 5.41) is 10.6. The van der Waals surface area contributed by atoms with Gasteiger partial charge in [0.15, 0.2) is 12.2 Å². The first-order valence-corrected chi connectivity index (χ1v) is 43.8. The third-order valence-corrected chi connectivity index (χ3v) is 20.3. The molecule has 0 aliphatic heterocycles. The van der Waals surface area contributed by atoms with Gasteiger partial charge in [-0.15, -0.1) is 0 Å². The van der Waals surface area contributed by atoms with Crippen LogP contribution in [0.15, 0.2) is 0 Å². The van der Waals surface area contributed by atoms with Gasteiger partial charge in [-0.3, -0.25) is 37.3 Å². The van der Waals surface area contributed by atoms with Crippen molar-refractivity contribution < 1.29 is 80.2 Å². The lowest BCUT2D eigenvalue weighted by Gasteiger charge is -2.21. The fourth-order valence-corrected chi connectivity index (χ4v) is 13.7. The van der Waals surface area contributed by atoms with Crippen LogP contribution in [-0.4, -0.2) is 96.7 Å². The van der Waals surface area contributed by atoms with Gasteiger partial charge in [0.1, 0.15) is 19.3 Å². The molecule has 97 heavy (non-hydrogen) atoms. The lowest BCUT2D eigenvalue weighted by atomic mass is 10.0. The molecule has 0 spiro atoms. The monoisotopic (exact) mass is 1420 g/mol. The van der Waals surface area contributed by atoms with E-state index >= 15 is 0 Å². The van der Waals surface area contributed by atoms with Crippen LogP contribution in [0.4, 0.5) is 0 Å². The molecule has 0 rings (SSSR count). The van der Waals surface area contributed by atoms with Gasteiger partial charge in [0.05, 0.1) is 26.4 Å². The number of rotatable bonds is 79. The van der Waals surface area contributed by atoms with Crippen molar-refractivity contribution >= 4 is 39.5 Å². The van der Waals surface area contributed by atoms with Crippen LogP contribution in [-0.2, 0) is 65.4 Å². The molecule has 0 fully saturated rings. The van der Waals surface area contributed by atoms with Crippen molar-refractivity contribution in [2.45, 2.75) is 438 Å². The van der Waals surface area contributed by atoms with E-state index < -0.39 is 97.5 Å². The summed E-state index contributed by atoms with van der Waals surface area (Å²) >= 11 is 0. The van der Waals surface area contributed by atoms with Crippen LogP contribution in [0, 0.1) is 0 Å². The highest BCUT2D eigenvalue weighted by atomic mass is 31.2. The maximum Gasteiger partial charge on any atom is 0.472 e. The first kappa shape index (κ1) is 95.1. The summed E-state index contributed by atoms with van der Waals surface area (Å²) in [7, 11) is -9.91. The van der Waals surface area contributed by atoms with Crippen LogP contribution >= 0.6 is 15.6 Å². The fraction of sp³-hybridized carbons (Fsp3) is 0.949. The number of ether oxygens (including phenoxy) is 4. The van der Waals surface area contributed by atoms with Crippen LogP contribution in [0.3, 0.4) is 0 Å². The smallest absolute Gasteiger partial charge is 0.462 e. The zero-order valence-corrected chi connectivity index (χ0v) is 64.8. The largest absolute Gasteiger partial charge is 0.472 e. The molecule has 0 aliphatic carbocycles. The molecule has 2 unspecified atom stereocenters. The number of esters is 4. The first-order chi connectivity index (χ1) is 47.2. The second-order valence-corrected chi connectivity index (χ2v) is 31.0. The summed E-state index contributed by atoms with van der Waals surface area (Å²) in [5.74, 6) is -2.11. The molecule has 0 heterocycles. The summed E-state index contributed by atoms with van der Waals surface area (Å²) in [6.07, 6.45) is 63.8. The van der Waals surface area contributed by atoms with E-state index in [1.54, 1.807) is 0 Å². The van der Waals surface area contributed by atoms with Crippen molar-refractivity contribution in [1.82, 2.24) is 0 Å². The molecule has 5 atom stereocenters. The van der Waals surface area contributed by atoms with Gasteiger partial charge < -0.3 is 33.8 Å². The molecular formula is C78H152O17P2. The summed E-state index contributed by atoms with van der Waals surface area (Å²) in [5.41, 5.74) is 0. The lowest BCUT2D eigenvalue weighted by Crippen LogP contribution is -2.30. The maximum absolute atomic E-state index is 13.1. The molecule has 0 amide bonds. The van der Waals surface area contributed by atoms with Gasteiger partial charge in [0.25, 0.3) is 0 Å². The molecule has 0 radical (unpaired) electrons. The van der Waals surface area contributed by atoms with Crippen molar-refractivity contribution in [3.05, 3.63) is 0 Å². The van der Waals surface area contributed by atoms with Crippen molar-refractivity contribution in [2.75, 3.05) is 39.6 Å². The third kappa shape index (κ3) is 72.2. The van der Waals surface area contributed by atoms with E-state index in [1.165, 1.54) is 250 Å². The Morgan fingerprint density at radius 2 is 0.412 bits per heavy atom. The van der Waals surface area contributed by atoms with E-state index in [2.05, 4.69) is 27.7 Å². The number of phosphoric acid groups is 2. The standard InChI is InChI=1S/C78H152O17P2/c1-5-9-13-17-21-25-29-31-32-33-34-35-36-37-38-39-41-45-49-53-57-61-65-78(83)95-74(69-89-76(81)63-59-55-51-47-44-40-30-26-22-18-14-10-6-2)71-93-97(86,87)91-67-72(79)66-90-96(84,85)92-70-73(94-77(82)64-60-56-52-48-43-28-24-20-16-12-8-4)68-88-75(80)62-58-54-50-46-42-27-23-19-15-11-7-3/h72-74,79H,5-71H2,1-4H3,(H,84,85)(H,86,87)/t72-,73+,74+/m0/s1. The van der Waals surface area contributed by atoms with Crippen LogP contribution in [0.2, 0.25) is 0 Å². The van der Waals surface area contributed by atoms with E-state index in [0.29, 0.717) is 25.7 Å². The summed E-state index contributed by atoms with van der Waals surface area (Å²) < 4.78 is 68.6. The van der Waals surface area contributed by atoms with Gasteiger partial charge in [0, 0.05) is 25.7 Å². The van der Waals surface area contributed by atoms with Crippen LogP contribution in [0.5, 0.6) is 0 Å². The van der Waals surface area contributed by atoms with E-state index in [9.17, 15) is 43.2 Å². The topological polar surface area (TPSA) is 237 Å². The van der Waals surface area contributed by atoms with Gasteiger partial charge in [-0.05, 0) is 25.7 Å². The predicted octanol–water partition coefficient (Wildman–Crippen LogP) is 23.4. The van der Waals surface area contributed by atoms with E-state index in [1.807, 2.05) is 0 Å². The Morgan fingerprint density at radius 3 is 0.608 bits per heavy atom. The average molecular weight is 1420 g/mol. The molecule has 0 aromatic heterocycles. The van der Waals surface area contributed by atoms with Crippen molar-refractivity contribution in [3.63, 3.8) is 0 Å². The highest BCUT2D eigenvalue weighted by Gasteiger charge is 2.30. The second kappa shape index (κ2) is 72.4. The van der Waals surface area contributed by atoms with Gasteiger partial charge >= 0.3 is 39.5 Å². The lowest BCUT2D eigenvalue weighted by molar-refractivity contribution is -0.161. The van der Waals surface area contributed by atoms with Crippen LogP contribution < -0.4 is 0 Å². The molecule has 0 aromatic carbocycles. The molecule has 0 aromatic rings. The number of carbonyl (C=O) groups is 4. The third-order valence-electron chi connectivity index (χ3n) is 18.4. The normalized spacial score (nSPS) is 13.8. The number of aliphatic hydroxyl groups is 1. The first-order valence-electron chi connectivity index (χ1n) is 40.8. The minimum absolute atomic E-state index is 0.108. The molecule has 3 N–H and O–H groups in total. The van der Waals surface area contributed by atoms with Gasteiger partial charge in [-0.2, -0.15) is 0 Å². The average Bonchev–Trinajstić information content (AvgIpc) is 2.05. The summed E-state index contributed by atoms with van der Waals surface area (Å²) in [4.78, 5) is 72.8. The SMILES string of the molecule is CCCCCCCCCCCCCCCCCCCCCCCCC(=O)O[C@H](COC(=O)CCCCCCCCCCCCCCC)COP(=O)(O)OC[C@@H](O)COP(=O)(O)OC[C@@H](COC(=O)CCCCCCCCCCCCC)OC(=O)CCCCCCCCCCCCC. The molecule has 0 aliphatic rings. The zero-order valence-electron chi connectivity index (χ0n) is 63.1. The number of phosphoric ester groups is 2. The Labute approximate surface area is 594 Å². The molecule has 0 bridgehead atoms. The predicted molar refractivity (Wildman–Crippen MR) is 395 cm³/mol. The summed E-state index contributed by atoms with van der Waals surface area (Å²) in [6.45, 7) is 4.99. The van der Waals surface area contributed by atoms with Gasteiger partial charge in [0.2, 0.25) is 0 Å². The fourth-order valence-electron chi connectivity index (χ4n) is 12.1. The highest BCUT2D eigenvalue weighted by Crippen LogP contribution is 2.45. The number of hydrogen-bond donors (Lipinski definition) is 3. The van der Waals surface area contributed by atoms with Crippen molar-refractivity contribution in [1.29, 1.82) is 0 Å². The Morgan fingerprint density at radius 1 is 0.247 bits per heavy atom. The van der Waals surface area contributed by atoms with Gasteiger partial charge in [-0.1, -0.05) is 368 Å². The minimum Gasteiger partial charge on any atom is -0.462 e. The number of aliphatic hydroxyl groups excluding tert-OH is 1. The number of hydrogen-bond acceptors (Lipinski definition) is 15. The molecule has 19 heteroatoms. The Kier molecular flexibility index (Phi) is 71.0. The van der Waals surface area contributed by atoms with E-state index in [-0.39, 0.29) is 25.7 Å². The molecule has 0 saturated carbocycles. The van der Waals surface area contributed by atoms with E-state index in [4.69, 9.17) is 37.0 Å². The quantitative estimate of drug-likeness (QED) is 0.0222. The number of unbranched alkanes of at least 4 members (excludes halogenated alkanes) is 53. The Bertz CT molecular complexity index is 1840. The minimum atomic E-state index is -4.96. The number of carbonyl (C=O) groups excluding carboxylic acids is 4. The zero-order chi connectivity index (χ0) is 71.1. The summed E-state index contributed by atoms with van der Waals surface area (Å²) in [6, 6.07) is 0. The van der Waals surface area contributed by atoms with Crippen LogP contribution in [0.25, 0.3) is 0 Å². The van der Waals surface area contributed by atoms with Crippen molar-refractivity contribution in [2.24, 2.45) is 0 Å². The maximum atomic E-state index is 13.1. The highest BCUT2D eigenvalue weighted by molar-refractivity contribution is 7.47. The second-order valence-electron chi connectivity index (χ2n) is 28.1. The van der Waals surface area contributed by atoms with Gasteiger partial charge in [-0.25, -0.2) is 9.13 Å².